The first-order valence-electron chi connectivity index (χ1n) is 17.1. The number of hydrogen-bond acceptors (Lipinski definition) is 3. The van der Waals surface area contributed by atoms with Crippen LogP contribution < -0.4 is 0 Å². The van der Waals surface area contributed by atoms with Crippen molar-refractivity contribution in [3.05, 3.63) is 169 Å². The average Bonchev–Trinajstić information content (AvgIpc) is 3.70. The van der Waals surface area contributed by atoms with E-state index in [0.717, 1.165) is 46.3 Å². The molecule has 0 unspecified atom stereocenters. The largest absolute Gasteiger partial charge is 0.310 e. The molecule has 50 heavy (non-hydrogen) atoms. The number of rotatable bonds is 5. The van der Waals surface area contributed by atoms with E-state index in [4.69, 9.17) is 15.0 Å². The van der Waals surface area contributed by atoms with Crippen LogP contribution >= 0.6 is 0 Å². The Labute approximate surface area is 289 Å². The number of aryl methyl sites for hydroxylation is 1. The topological polar surface area (TPSA) is 48.5 Å². The highest BCUT2D eigenvalue weighted by atomic mass is 15.0. The molecule has 0 radical (unpaired) electrons. The molecule has 0 atom stereocenters. The summed E-state index contributed by atoms with van der Waals surface area (Å²) in [5.41, 5.74) is 11.3. The van der Waals surface area contributed by atoms with Gasteiger partial charge in [0.15, 0.2) is 17.5 Å². The monoisotopic (exact) mass is 641 g/mol. The van der Waals surface area contributed by atoms with Crippen LogP contribution in [0.15, 0.2) is 158 Å². The first-order valence-corrected chi connectivity index (χ1v) is 17.1. The van der Waals surface area contributed by atoms with Gasteiger partial charge in [-0.1, -0.05) is 115 Å². The van der Waals surface area contributed by atoms with Crippen molar-refractivity contribution in [3.63, 3.8) is 0 Å². The Kier molecular flexibility index (Phi) is 6.56. The van der Waals surface area contributed by atoms with Gasteiger partial charge in [-0.05, 0) is 66.9 Å². The summed E-state index contributed by atoms with van der Waals surface area (Å²) in [7, 11) is 0. The van der Waals surface area contributed by atoms with Crippen molar-refractivity contribution < 1.29 is 0 Å². The van der Waals surface area contributed by atoms with Gasteiger partial charge in [-0.3, -0.25) is 0 Å². The van der Waals surface area contributed by atoms with E-state index in [1.807, 2.05) is 60.7 Å². The zero-order chi connectivity index (χ0) is 33.0. The Morgan fingerprint density at radius 3 is 1.72 bits per heavy atom. The molecule has 0 N–H and O–H groups in total. The molecule has 6 aromatic carbocycles. The molecule has 0 saturated carbocycles. The number of fused-ring (bicyclic) bond motifs is 6. The van der Waals surface area contributed by atoms with Gasteiger partial charge in [-0.25, -0.2) is 15.0 Å². The van der Waals surface area contributed by atoms with Crippen LogP contribution in [0.25, 0.3) is 84.3 Å². The maximum atomic E-state index is 5.03. The van der Waals surface area contributed by atoms with Gasteiger partial charge in [0.05, 0.1) is 16.6 Å². The van der Waals surface area contributed by atoms with Crippen LogP contribution in [0.4, 0.5) is 0 Å². The van der Waals surface area contributed by atoms with E-state index in [0.29, 0.717) is 17.5 Å². The van der Waals surface area contributed by atoms with E-state index in [1.54, 1.807) is 0 Å². The SMILES string of the molecule is C1=Cc2c(c3cc4c5ccccc5n(-c5cccc(-c6nc(-c7ccccc7)nc(-c7ccccc7)n6)c5)c4cc3n2-c2ccccc2)CC1. The summed E-state index contributed by atoms with van der Waals surface area (Å²) in [5, 5.41) is 3.81. The van der Waals surface area contributed by atoms with Crippen molar-refractivity contribution in [2.75, 3.05) is 0 Å². The summed E-state index contributed by atoms with van der Waals surface area (Å²) in [6.07, 6.45) is 6.70. The van der Waals surface area contributed by atoms with Crippen molar-refractivity contribution >= 4 is 38.8 Å². The molecule has 0 bridgehead atoms. The van der Waals surface area contributed by atoms with Gasteiger partial charge in [0.25, 0.3) is 0 Å². The minimum absolute atomic E-state index is 0.639. The maximum Gasteiger partial charge on any atom is 0.164 e. The van der Waals surface area contributed by atoms with E-state index in [9.17, 15) is 0 Å². The Hall–Kier alpha value is -6.59. The molecule has 3 aromatic heterocycles. The second kappa shape index (κ2) is 11.5. The molecule has 5 heteroatoms. The zero-order valence-corrected chi connectivity index (χ0v) is 27.2. The molecule has 0 fully saturated rings. The lowest BCUT2D eigenvalue weighted by Gasteiger charge is -2.13. The smallest absolute Gasteiger partial charge is 0.164 e. The molecule has 0 saturated heterocycles. The highest BCUT2D eigenvalue weighted by Crippen LogP contribution is 2.40. The summed E-state index contributed by atoms with van der Waals surface area (Å²) in [6.45, 7) is 0. The van der Waals surface area contributed by atoms with Crippen LogP contribution in [0, 0.1) is 0 Å². The molecule has 1 aliphatic carbocycles. The fraction of sp³-hybridized carbons (Fsp3) is 0.0444. The van der Waals surface area contributed by atoms with E-state index in [2.05, 4.69) is 112 Å². The quantitative estimate of drug-likeness (QED) is 0.188. The third-order valence-corrected chi connectivity index (χ3v) is 9.82. The van der Waals surface area contributed by atoms with Crippen LogP contribution in [0.1, 0.15) is 17.7 Å². The normalized spacial score (nSPS) is 12.6. The predicted octanol–water partition coefficient (Wildman–Crippen LogP) is 10.9. The Balaban J connectivity index is 1.21. The van der Waals surface area contributed by atoms with E-state index in [-0.39, 0.29) is 0 Å². The van der Waals surface area contributed by atoms with Crippen LogP contribution in [0.2, 0.25) is 0 Å². The molecule has 9 aromatic rings. The number of benzene rings is 6. The predicted molar refractivity (Wildman–Crippen MR) is 205 cm³/mol. The molecule has 1 aliphatic rings. The van der Waals surface area contributed by atoms with Gasteiger partial charge >= 0.3 is 0 Å². The van der Waals surface area contributed by atoms with Crippen LogP contribution in [0.5, 0.6) is 0 Å². The second-order valence-electron chi connectivity index (χ2n) is 12.8. The third-order valence-electron chi connectivity index (χ3n) is 9.82. The van der Waals surface area contributed by atoms with Gasteiger partial charge in [-0.15, -0.1) is 0 Å². The van der Waals surface area contributed by atoms with Crippen LogP contribution in [0.3, 0.4) is 0 Å². The van der Waals surface area contributed by atoms with Gasteiger partial charge in [0, 0.05) is 49.9 Å². The maximum absolute atomic E-state index is 5.03. The standard InChI is InChI=1S/C45H31N5/c1-4-15-30(16-5-1)43-46-44(31-17-6-2-7-18-31)48-45(47-43)32-19-14-22-34(27-32)50-40-26-13-11-24-36(40)38-28-37-35-23-10-12-25-39(35)49(41(37)29-42(38)50)33-20-8-3-9-21-33/h1-9,11-22,24-29H,10,23H2. The number of nitrogens with zero attached hydrogens (tertiary/aromatic N) is 5. The van der Waals surface area contributed by atoms with E-state index in [1.165, 1.54) is 38.6 Å². The summed E-state index contributed by atoms with van der Waals surface area (Å²) >= 11 is 0. The molecule has 0 aliphatic heterocycles. The molecular weight excluding hydrogens is 611 g/mol. The fourth-order valence-electron chi connectivity index (χ4n) is 7.55. The summed E-state index contributed by atoms with van der Waals surface area (Å²) < 4.78 is 4.82. The zero-order valence-electron chi connectivity index (χ0n) is 27.2. The molecular formula is C45H31N5. The van der Waals surface area contributed by atoms with Crippen molar-refractivity contribution in [1.29, 1.82) is 0 Å². The van der Waals surface area contributed by atoms with Crippen LogP contribution in [-0.2, 0) is 6.42 Å². The highest BCUT2D eigenvalue weighted by molar-refractivity contribution is 6.14. The van der Waals surface area contributed by atoms with Gasteiger partial charge in [-0.2, -0.15) is 0 Å². The van der Waals surface area contributed by atoms with Crippen molar-refractivity contribution in [2.24, 2.45) is 0 Å². The number of aromatic nitrogens is 5. The van der Waals surface area contributed by atoms with Crippen molar-refractivity contribution in [2.45, 2.75) is 12.8 Å². The van der Waals surface area contributed by atoms with Crippen molar-refractivity contribution in [1.82, 2.24) is 24.1 Å². The summed E-state index contributed by atoms with van der Waals surface area (Å²) in [6, 6.07) is 53.1. The second-order valence-corrected chi connectivity index (χ2v) is 12.8. The van der Waals surface area contributed by atoms with Crippen molar-refractivity contribution in [3.8, 4) is 45.5 Å². The average molecular weight is 642 g/mol. The Morgan fingerprint density at radius 2 is 1.00 bits per heavy atom. The third kappa shape index (κ3) is 4.59. The lowest BCUT2D eigenvalue weighted by molar-refractivity contribution is 0.967. The minimum Gasteiger partial charge on any atom is -0.310 e. The minimum atomic E-state index is 0.639. The van der Waals surface area contributed by atoms with E-state index >= 15 is 0 Å². The number of para-hydroxylation sites is 2. The van der Waals surface area contributed by atoms with Gasteiger partial charge < -0.3 is 9.13 Å². The van der Waals surface area contributed by atoms with E-state index < -0.39 is 0 Å². The Morgan fingerprint density at radius 1 is 0.420 bits per heavy atom. The molecule has 3 heterocycles. The number of allylic oxidation sites excluding steroid dienone is 1. The highest BCUT2D eigenvalue weighted by Gasteiger charge is 2.22. The molecule has 0 spiro atoms. The summed E-state index contributed by atoms with van der Waals surface area (Å²) in [4.78, 5) is 15.0. The molecule has 236 valence electrons. The van der Waals surface area contributed by atoms with Gasteiger partial charge in [0.2, 0.25) is 0 Å². The lowest BCUT2D eigenvalue weighted by atomic mass is 10.00. The van der Waals surface area contributed by atoms with Gasteiger partial charge in [0.1, 0.15) is 0 Å². The lowest BCUT2D eigenvalue weighted by Crippen LogP contribution is -2.01. The summed E-state index contributed by atoms with van der Waals surface area (Å²) in [5.74, 6) is 1.94. The molecule has 0 amide bonds. The fourth-order valence-corrected chi connectivity index (χ4v) is 7.55. The van der Waals surface area contributed by atoms with Crippen LogP contribution in [-0.4, -0.2) is 24.1 Å². The first kappa shape index (κ1) is 28.4. The molecule has 5 nitrogen and oxygen atoms in total. The first-order chi connectivity index (χ1) is 24.8. The Bertz CT molecular complexity index is 2680. The number of hydrogen-bond donors (Lipinski definition) is 0. The molecule has 10 rings (SSSR count).